The standard InChI is InChI=1S/C22H24N2O2/c1-15-9-11-18(12-10-15)24-14-17(13-21(24)25)22(26)23-20-8-4-6-16-5-2-3-7-19(16)20/h2-3,5,7,9-12,17,20H,4,6,8,13-14H2,1H3,(H,23,26)/t17-,20+/m1/s1. The first-order chi connectivity index (χ1) is 12.6. The topological polar surface area (TPSA) is 49.4 Å². The minimum atomic E-state index is -0.280. The zero-order chi connectivity index (χ0) is 18.1. The van der Waals surface area contributed by atoms with E-state index in [9.17, 15) is 9.59 Å². The molecule has 134 valence electrons. The normalized spacial score (nSPS) is 22.2. The van der Waals surface area contributed by atoms with Gasteiger partial charge in [0.1, 0.15) is 0 Å². The molecule has 2 aliphatic rings. The van der Waals surface area contributed by atoms with E-state index in [4.69, 9.17) is 0 Å². The fraction of sp³-hybridized carbons (Fsp3) is 0.364. The fourth-order valence-corrected chi connectivity index (χ4v) is 4.05. The van der Waals surface area contributed by atoms with Gasteiger partial charge >= 0.3 is 0 Å². The second kappa shape index (κ2) is 6.94. The molecule has 0 unspecified atom stereocenters. The number of carbonyl (C=O) groups excluding carboxylic acids is 2. The number of rotatable bonds is 3. The summed E-state index contributed by atoms with van der Waals surface area (Å²) >= 11 is 0. The van der Waals surface area contributed by atoms with Gasteiger partial charge in [0.05, 0.1) is 12.0 Å². The van der Waals surface area contributed by atoms with Crippen LogP contribution in [0.2, 0.25) is 0 Å². The second-order valence-corrected chi connectivity index (χ2v) is 7.39. The first-order valence-corrected chi connectivity index (χ1v) is 9.37. The Balaban J connectivity index is 1.45. The van der Waals surface area contributed by atoms with E-state index in [1.54, 1.807) is 4.90 Å². The van der Waals surface area contributed by atoms with Crippen LogP contribution in [-0.4, -0.2) is 18.4 Å². The summed E-state index contributed by atoms with van der Waals surface area (Å²) in [6.45, 7) is 2.48. The lowest BCUT2D eigenvalue weighted by molar-refractivity contribution is -0.127. The van der Waals surface area contributed by atoms with Gasteiger partial charge < -0.3 is 10.2 Å². The van der Waals surface area contributed by atoms with Gasteiger partial charge in [-0.1, -0.05) is 42.0 Å². The van der Waals surface area contributed by atoms with Crippen LogP contribution in [-0.2, 0) is 16.0 Å². The van der Waals surface area contributed by atoms with Crippen molar-refractivity contribution >= 4 is 17.5 Å². The van der Waals surface area contributed by atoms with E-state index in [1.165, 1.54) is 11.1 Å². The third-order valence-electron chi connectivity index (χ3n) is 5.53. The Morgan fingerprint density at radius 1 is 1.12 bits per heavy atom. The molecule has 0 radical (unpaired) electrons. The van der Waals surface area contributed by atoms with Crippen LogP contribution in [0.5, 0.6) is 0 Å². The molecule has 0 spiro atoms. The highest BCUT2D eigenvalue weighted by molar-refractivity contribution is 6.00. The summed E-state index contributed by atoms with van der Waals surface area (Å²) < 4.78 is 0. The maximum absolute atomic E-state index is 12.8. The maximum Gasteiger partial charge on any atom is 0.227 e. The molecule has 1 N–H and O–H groups in total. The van der Waals surface area contributed by atoms with Crippen molar-refractivity contribution in [2.45, 2.75) is 38.6 Å². The number of aryl methyl sites for hydroxylation is 2. The molecule has 1 aliphatic heterocycles. The lowest BCUT2D eigenvalue weighted by atomic mass is 9.87. The van der Waals surface area contributed by atoms with Crippen molar-refractivity contribution in [2.75, 3.05) is 11.4 Å². The minimum absolute atomic E-state index is 0.00494. The van der Waals surface area contributed by atoms with Crippen molar-refractivity contribution in [2.24, 2.45) is 5.92 Å². The number of hydrogen-bond donors (Lipinski definition) is 1. The van der Waals surface area contributed by atoms with Crippen molar-refractivity contribution < 1.29 is 9.59 Å². The fourth-order valence-electron chi connectivity index (χ4n) is 4.05. The Bertz CT molecular complexity index is 828. The van der Waals surface area contributed by atoms with Crippen LogP contribution in [0.1, 0.15) is 42.0 Å². The van der Waals surface area contributed by atoms with E-state index in [2.05, 4.69) is 23.5 Å². The monoisotopic (exact) mass is 348 g/mol. The molecule has 2 aromatic carbocycles. The summed E-state index contributed by atoms with van der Waals surface area (Å²) in [6.07, 6.45) is 3.41. The summed E-state index contributed by atoms with van der Waals surface area (Å²) in [4.78, 5) is 27.0. The van der Waals surface area contributed by atoms with E-state index in [-0.39, 0.29) is 30.2 Å². The Hall–Kier alpha value is -2.62. The summed E-state index contributed by atoms with van der Waals surface area (Å²) in [7, 11) is 0. The van der Waals surface area contributed by atoms with Crippen LogP contribution < -0.4 is 10.2 Å². The molecular weight excluding hydrogens is 324 g/mol. The molecule has 4 nitrogen and oxygen atoms in total. The van der Waals surface area contributed by atoms with E-state index in [0.29, 0.717) is 6.54 Å². The van der Waals surface area contributed by atoms with E-state index >= 15 is 0 Å². The number of nitrogens with one attached hydrogen (secondary N) is 1. The average molecular weight is 348 g/mol. The first-order valence-electron chi connectivity index (χ1n) is 9.37. The predicted molar refractivity (Wildman–Crippen MR) is 102 cm³/mol. The molecular formula is C22H24N2O2. The van der Waals surface area contributed by atoms with Gasteiger partial charge in [0.25, 0.3) is 0 Å². The van der Waals surface area contributed by atoms with Gasteiger partial charge in [-0.05, 0) is 49.4 Å². The van der Waals surface area contributed by atoms with Gasteiger partial charge in [-0.15, -0.1) is 0 Å². The Labute approximate surface area is 154 Å². The van der Waals surface area contributed by atoms with E-state index in [0.717, 1.165) is 30.5 Å². The van der Waals surface area contributed by atoms with Gasteiger partial charge in [0.2, 0.25) is 11.8 Å². The number of benzene rings is 2. The molecule has 4 heteroatoms. The highest BCUT2D eigenvalue weighted by Crippen LogP contribution is 2.31. The third-order valence-corrected chi connectivity index (χ3v) is 5.53. The van der Waals surface area contributed by atoms with Crippen molar-refractivity contribution in [1.29, 1.82) is 0 Å². The van der Waals surface area contributed by atoms with Gasteiger partial charge in [0.15, 0.2) is 0 Å². The third kappa shape index (κ3) is 3.24. The molecule has 2 aromatic rings. The highest BCUT2D eigenvalue weighted by atomic mass is 16.2. The van der Waals surface area contributed by atoms with Crippen LogP contribution in [0.15, 0.2) is 48.5 Å². The molecule has 0 aromatic heterocycles. The average Bonchev–Trinajstić information content (AvgIpc) is 3.05. The summed E-state index contributed by atoms with van der Waals surface area (Å²) in [5.41, 5.74) is 4.59. The molecule has 4 rings (SSSR count). The Kier molecular flexibility index (Phi) is 4.49. The first kappa shape index (κ1) is 16.8. The van der Waals surface area contributed by atoms with Gasteiger partial charge in [-0.25, -0.2) is 0 Å². The van der Waals surface area contributed by atoms with Crippen LogP contribution in [0.4, 0.5) is 5.69 Å². The zero-order valence-electron chi connectivity index (χ0n) is 15.1. The van der Waals surface area contributed by atoms with Crippen molar-refractivity contribution in [3.63, 3.8) is 0 Å². The smallest absolute Gasteiger partial charge is 0.227 e. The number of fused-ring (bicyclic) bond motifs is 1. The largest absolute Gasteiger partial charge is 0.349 e. The number of nitrogens with zero attached hydrogens (tertiary/aromatic N) is 1. The minimum Gasteiger partial charge on any atom is -0.349 e. The lowest BCUT2D eigenvalue weighted by Gasteiger charge is -2.27. The van der Waals surface area contributed by atoms with Gasteiger partial charge in [0, 0.05) is 18.7 Å². The molecule has 2 amide bonds. The molecule has 26 heavy (non-hydrogen) atoms. The summed E-state index contributed by atoms with van der Waals surface area (Å²) in [5.74, 6) is -0.259. The van der Waals surface area contributed by atoms with Crippen LogP contribution in [0.25, 0.3) is 0 Å². The second-order valence-electron chi connectivity index (χ2n) is 7.39. The molecule has 1 saturated heterocycles. The lowest BCUT2D eigenvalue weighted by Crippen LogP contribution is -2.36. The van der Waals surface area contributed by atoms with E-state index in [1.807, 2.05) is 37.3 Å². The van der Waals surface area contributed by atoms with Crippen molar-refractivity contribution in [3.8, 4) is 0 Å². The van der Waals surface area contributed by atoms with Crippen molar-refractivity contribution in [1.82, 2.24) is 5.32 Å². The molecule has 2 atom stereocenters. The van der Waals surface area contributed by atoms with Gasteiger partial charge in [-0.2, -0.15) is 0 Å². The number of amides is 2. The molecule has 0 bridgehead atoms. The molecule has 1 aliphatic carbocycles. The molecule has 1 fully saturated rings. The number of carbonyl (C=O) groups is 2. The predicted octanol–water partition coefficient (Wildman–Crippen LogP) is 3.54. The summed E-state index contributed by atoms with van der Waals surface area (Å²) in [6, 6.07) is 16.3. The van der Waals surface area contributed by atoms with Crippen molar-refractivity contribution in [3.05, 3.63) is 65.2 Å². The number of hydrogen-bond acceptors (Lipinski definition) is 2. The molecule has 0 saturated carbocycles. The zero-order valence-corrected chi connectivity index (χ0v) is 15.1. The number of anilines is 1. The van der Waals surface area contributed by atoms with Gasteiger partial charge in [-0.3, -0.25) is 9.59 Å². The van der Waals surface area contributed by atoms with Crippen LogP contribution >= 0.6 is 0 Å². The Morgan fingerprint density at radius 2 is 1.88 bits per heavy atom. The van der Waals surface area contributed by atoms with Crippen LogP contribution in [0.3, 0.4) is 0 Å². The van der Waals surface area contributed by atoms with E-state index < -0.39 is 0 Å². The Morgan fingerprint density at radius 3 is 2.69 bits per heavy atom. The van der Waals surface area contributed by atoms with Crippen LogP contribution in [0, 0.1) is 12.8 Å². The SMILES string of the molecule is Cc1ccc(N2C[C@H](C(=O)N[C@H]3CCCc4ccccc43)CC2=O)cc1. The molecule has 1 heterocycles. The maximum atomic E-state index is 12.8. The quantitative estimate of drug-likeness (QED) is 0.922. The summed E-state index contributed by atoms with van der Waals surface area (Å²) in [5, 5.41) is 3.20. The highest BCUT2D eigenvalue weighted by Gasteiger charge is 2.36.